The molecule has 1 fully saturated rings. The van der Waals surface area contributed by atoms with Crippen LogP contribution in [0.4, 0.5) is 9.80 Å². The maximum Gasteiger partial charge on any atom is 0.319 e. The predicted molar refractivity (Wildman–Crippen MR) is 64.7 cm³/mol. The second kappa shape index (κ2) is 5.32. The van der Waals surface area contributed by atoms with Crippen molar-refractivity contribution in [3.8, 4) is 0 Å². The van der Waals surface area contributed by atoms with Gasteiger partial charge in [0.2, 0.25) is 0 Å². The van der Waals surface area contributed by atoms with E-state index in [1.165, 1.54) is 11.3 Å². The molecule has 4 nitrogen and oxygen atoms in total. The number of carbonyl (C=O) groups is 1. The first-order valence-electron chi connectivity index (χ1n) is 5.52. The Bertz CT molecular complexity index is 340. The molecule has 1 heterocycles. The molecule has 1 aromatic heterocycles. The van der Waals surface area contributed by atoms with Crippen LogP contribution in [0.3, 0.4) is 0 Å². The molecule has 2 amide bonds. The molecule has 2 rings (SSSR count). The zero-order valence-corrected chi connectivity index (χ0v) is 9.80. The van der Waals surface area contributed by atoms with E-state index in [1.807, 2.05) is 17.5 Å². The Kier molecular flexibility index (Phi) is 3.79. The highest BCUT2D eigenvalue weighted by atomic mass is 32.1. The third kappa shape index (κ3) is 2.96. The largest absolute Gasteiger partial charge is 0.393 e. The lowest BCUT2D eigenvalue weighted by Crippen LogP contribution is -2.35. The Morgan fingerprint density at radius 3 is 3.06 bits per heavy atom. The van der Waals surface area contributed by atoms with Gasteiger partial charge >= 0.3 is 6.03 Å². The fourth-order valence-electron chi connectivity index (χ4n) is 1.98. The molecular weight excluding hydrogens is 224 g/mol. The van der Waals surface area contributed by atoms with Gasteiger partial charge in [-0.05, 0) is 30.4 Å². The van der Waals surface area contributed by atoms with E-state index in [-0.39, 0.29) is 18.1 Å². The number of amides is 2. The summed E-state index contributed by atoms with van der Waals surface area (Å²) in [6.07, 6.45) is 2.67. The van der Waals surface area contributed by atoms with E-state index in [0.717, 1.165) is 24.3 Å². The van der Waals surface area contributed by atoms with Crippen LogP contribution in [0.1, 0.15) is 19.3 Å². The molecule has 16 heavy (non-hydrogen) atoms. The number of urea groups is 1. The minimum Gasteiger partial charge on any atom is -0.393 e. The second-order valence-electron chi connectivity index (χ2n) is 4.07. The summed E-state index contributed by atoms with van der Waals surface area (Å²) in [6.45, 7) is 0.554. The molecule has 1 aromatic rings. The summed E-state index contributed by atoms with van der Waals surface area (Å²) in [5.74, 6) is 0.217. The SMILES string of the molecule is O=C(NC[C@H]1CCC[C@@H]1O)Nc1cccs1. The molecule has 2 atom stereocenters. The molecule has 1 saturated carbocycles. The van der Waals surface area contributed by atoms with Gasteiger partial charge in [0.1, 0.15) is 0 Å². The number of rotatable bonds is 3. The van der Waals surface area contributed by atoms with Crippen LogP contribution in [0.5, 0.6) is 0 Å². The Hall–Kier alpha value is -1.07. The van der Waals surface area contributed by atoms with Gasteiger partial charge in [-0.25, -0.2) is 4.79 Å². The Balaban J connectivity index is 1.71. The number of carbonyl (C=O) groups excluding carboxylic acids is 1. The summed E-state index contributed by atoms with van der Waals surface area (Å²) in [7, 11) is 0. The standard InChI is InChI=1S/C11H16N2O2S/c14-9-4-1-3-8(9)7-12-11(15)13-10-5-2-6-16-10/h2,5-6,8-9,14H,1,3-4,7H2,(H2,12,13,15)/t8-,9+/m1/s1. The Labute approximate surface area is 98.7 Å². The summed E-state index contributed by atoms with van der Waals surface area (Å²) in [4.78, 5) is 11.5. The minimum atomic E-state index is -0.248. The van der Waals surface area contributed by atoms with Gasteiger partial charge in [-0.1, -0.05) is 6.42 Å². The number of aliphatic hydroxyl groups is 1. The molecule has 0 saturated heterocycles. The van der Waals surface area contributed by atoms with Crippen LogP contribution in [-0.4, -0.2) is 23.8 Å². The molecular formula is C11H16N2O2S. The highest BCUT2D eigenvalue weighted by molar-refractivity contribution is 7.14. The van der Waals surface area contributed by atoms with Crippen molar-refractivity contribution < 1.29 is 9.90 Å². The van der Waals surface area contributed by atoms with E-state index in [2.05, 4.69) is 10.6 Å². The van der Waals surface area contributed by atoms with Crippen molar-refractivity contribution >= 4 is 22.4 Å². The molecule has 1 aliphatic carbocycles. The molecule has 1 aliphatic rings. The number of thiophene rings is 1. The summed E-state index contributed by atoms with van der Waals surface area (Å²) >= 11 is 1.49. The lowest BCUT2D eigenvalue weighted by atomic mass is 10.1. The summed E-state index contributed by atoms with van der Waals surface area (Å²) < 4.78 is 0. The smallest absolute Gasteiger partial charge is 0.319 e. The zero-order chi connectivity index (χ0) is 11.4. The van der Waals surface area contributed by atoms with Crippen LogP contribution in [0.2, 0.25) is 0 Å². The molecule has 0 bridgehead atoms. The van der Waals surface area contributed by atoms with Gasteiger partial charge in [-0.3, -0.25) is 5.32 Å². The third-order valence-corrected chi connectivity index (χ3v) is 3.69. The maximum absolute atomic E-state index is 11.5. The Morgan fingerprint density at radius 2 is 2.44 bits per heavy atom. The van der Waals surface area contributed by atoms with Crippen molar-refractivity contribution in [1.82, 2.24) is 5.32 Å². The summed E-state index contributed by atoms with van der Waals surface area (Å²) in [5.41, 5.74) is 0. The van der Waals surface area contributed by atoms with Crippen molar-refractivity contribution in [3.05, 3.63) is 17.5 Å². The van der Waals surface area contributed by atoms with Gasteiger partial charge in [0.15, 0.2) is 0 Å². The first-order valence-corrected chi connectivity index (χ1v) is 6.40. The number of hydrogen-bond acceptors (Lipinski definition) is 3. The van der Waals surface area contributed by atoms with Crippen LogP contribution >= 0.6 is 11.3 Å². The van der Waals surface area contributed by atoms with Crippen molar-refractivity contribution in [3.63, 3.8) is 0 Å². The topological polar surface area (TPSA) is 61.4 Å². The fraction of sp³-hybridized carbons (Fsp3) is 0.545. The van der Waals surface area contributed by atoms with E-state index in [0.29, 0.717) is 6.54 Å². The number of aliphatic hydroxyl groups excluding tert-OH is 1. The average molecular weight is 240 g/mol. The highest BCUT2D eigenvalue weighted by Crippen LogP contribution is 2.24. The van der Waals surface area contributed by atoms with Gasteiger partial charge in [-0.15, -0.1) is 11.3 Å². The molecule has 0 aliphatic heterocycles. The van der Waals surface area contributed by atoms with E-state index < -0.39 is 0 Å². The average Bonchev–Trinajstić information content (AvgIpc) is 2.87. The third-order valence-electron chi connectivity index (χ3n) is 2.90. The van der Waals surface area contributed by atoms with Gasteiger partial charge in [0.05, 0.1) is 11.1 Å². The van der Waals surface area contributed by atoms with Crippen molar-refractivity contribution in [2.45, 2.75) is 25.4 Å². The number of anilines is 1. The van der Waals surface area contributed by atoms with Crippen LogP contribution < -0.4 is 10.6 Å². The highest BCUT2D eigenvalue weighted by Gasteiger charge is 2.25. The summed E-state index contributed by atoms with van der Waals surface area (Å²) in [5, 5.41) is 17.9. The van der Waals surface area contributed by atoms with Crippen molar-refractivity contribution in [2.75, 3.05) is 11.9 Å². The number of hydrogen-bond donors (Lipinski definition) is 3. The fourth-order valence-corrected chi connectivity index (χ4v) is 2.60. The molecule has 88 valence electrons. The number of nitrogens with one attached hydrogen (secondary N) is 2. The molecule has 3 N–H and O–H groups in total. The predicted octanol–water partition coefficient (Wildman–Crippen LogP) is 2.03. The monoisotopic (exact) mass is 240 g/mol. The lowest BCUT2D eigenvalue weighted by Gasteiger charge is -2.15. The van der Waals surface area contributed by atoms with Crippen LogP contribution in [0.15, 0.2) is 17.5 Å². The van der Waals surface area contributed by atoms with Crippen LogP contribution in [0, 0.1) is 5.92 Å². The van der Waals surface area contributed by atoms with E-state index in [1.54, 1.807) is 0 Å². The van der Waals surface area contributed by atoms with Crippen molar-refractivity contribution in [2.24, 2.45) is 5.92 Å². The molecule has 0 aromatic carbocycles. The molecule has 0 spiro atoms. The minimum absolute atomic E-state index is 0.193. The van der Waals surface area contributed by atoms with Crippen LogP contribution in [-0.2, 0) is 0 Å². The van der Waals surface area contributed by atoms with Gasteiger partial charge < -0.3 is 10.4 Å². The normalized spacial score (nSPS) is 24.3. The summed E-state index contributed by atoms with van der Waals surface area (Å²) in [6, 6.07) is 3.55. The van der Waals surface area contributed by atoms with Gasteiger partial charge in [-0.2, -0.15) is 0 Å². The Morgan fingerprint density at radius 1 is 1.56 bits per heavy atom. The van der Waals surface area contributed by atoms with Crippen LogP contribution in [0.25, 0.3) is 0 Å². The first kappa shape index (κ1) is 11.4. The maximum atomic E-state index is 11.5. The quantitative estimate of drug-likeness (QED) is 0.757. The van der Waals surface area contributed by atoms with Crippen molar-refractivity contribution in [1.29, 1.82) is 0 Å². The molecule has 0 radical (unpaired) electrons. The zero-order valence-electron chi connectivity index (χ0n) is 8.98. The van der Waals surface area contributed by atoms with E-state index in [4.69, 9.17) is 0 Å². The lowest BCUT2D eigenvalue weighted by molar-refractivity contribution is 0.133. The molecule has 5 heteroatoms. The van der Waals surface area contributed by atoms with Gasteiger partial charge in [0.25, 0.3) is 0 Å². The van der Waals surface area contributed by atoms with E-state index in [9.17, 15) is 9.90 Å². The molecule has 0 unspecified atom stereocenters. The first-order chi connectivity index (χ1) is 7.75. The van der Waals surface area contributed by atoms with E-state index >= 15 is 0 Å². The van der Waals surface area contributed by atoms with Gasteiger partial charge in [0, 0.05) is 12.5 Å². The second-order valence-corrected chi connectivity index (χ2v) is 5.02.